The minimum Gasteiger partial charge on any atom is -0.368 e. The number of amides is 3. The molecule has 0 aliphatic rings. The summed E-state index contributed by atoms with van der Waals surface area (Å²) in [4.78, 5) is 35.0. The summed E-state index contributed by atoms with van der Waals surface area (Å²) in [6, 6.07) is 11.9. The van der Waals surface area contributed by atoms with Crippen LogP contribution >= 0.6 is 0 Å². The smallest absolute Gasteiger partial charge is 0.368 e. The number of nitrogens with one attached hydrogen (secondary N) is 2. The number of halogens is 3. The van der Waals surface area contributed by atoms with Gasteiger partial charge in [0, 0.05) is 16.8 Å². The van der Waals surface area contributed by atoms with Crippen LogP contribution in [0.25, 0.3) is 0 Å². The number of rotatable bonds is 8. The van der Waals surface area contributed by atoms with Crippen LogP contribution in [0, 0.1) is 0 Å². The predicted octanol–water partition coefficient (Wildman–Crippen LogP) is 2.23. The van der Waals surface area contributed by atoms with Crippen LogP contribution < -0.4 is 16.4 Å². The Bertz CT molecular complexity index is 883. The molecule has 0 saturated carbocycles. The number of alkyl halides is 3. The topological polar surface area (TPSA) is 111 Å². The fourth-order valence-corrected chi connectivity index (χ4v) is 2.25. The monoisotopic (exact) mass is 409 g/mol. The minimum atomic E-state index is -4.40. The molecule has 0 aliphatic carbocycles. The zero-order valence-corrected chi connectivity index (χ0v) is 15.1. The third-order valence-corrected chi connectivity index (χ3v) is 3.56. The molecule has 2 aromatic rings. The highest BCUT2D eigenvalue weighted by molar-refractivity contribution is 6.05. The third-order valence-electron chi connectivity index (χ3n) is 3.56. The van der Waals surface area contributed by atoms with Crippen molar-refractivity contribution >= 4 is 23.4 Å². The van der Waals surface area contributed by atoms with Gasteiger partial charge in [-0.15, -0.1) is 0 Å². The Balaban J connectivity index is 1.95. The Morgan fingerprint density at radius 3 is 2.28 bits per heavy atom. The fourth-order valence-electron chi connectivity index (χ4n) is 2.25. The molecule has 0 spiro atoms. The first-order chi connectivity index (χ1) is 13.6. The van der Waals surface area contributed by atoms with Crippen LogP contribution in [0.5, 0.6) is 0 Å². The van der Waals surface area contributed by atoms with E-state index in [2.05, 4.69) is 15.4 Å². The van der Waals surface area contributed by atoms with E-state index >= 15 is 0 Å². The number of primary amides is 1. The van der Waals surface area contributed by atoms with E-state index in [9.17, 15) is 27.6 Å². The Morgan fingerprint density at radius 1 is 0.966 bits per heavy atom. The van der Waals surface area contributed by atoms with Crippen molar-refractivity contribution in [1.29, 1.82) is 0 Å². The Hall–Kier alpha value is -3.40. The normalized spacial score (nSPS) is 11.0. The van der Waals surface area contributed by atoms with Crippen LogP contribution in [0.1, 0.15) is 26.3 Å². The molecule has 29 heavy (non-hydrogen) atoms. The number of carbonyl (C=O) groups excluding carboxylic acids is 3. The molecule has 4 N–H and O–H groups in total. The zero-order valence-electron chi connectivity index (χ0n) is 15.1. The molecule has 0 aromatic heterocycles. The van der Waals surface area contributed by atoms with Gasteiger partial charge in [-0.1, -0.05) is 18.2 Å². The summed E-state index contributed by atoms with van der Waals surface area (Å²) >= 11 is 0. The Morgan fingerprint density at radius 2 is 1.66 bits per heavy atom. The van der Waals surface area contributed by atoms with Gasteiger partial charge < -0.3 is 21.1 Å². The van der Waals surface area contributed by atoms with E-state index in [4.69, 9.17) is 5.73 Å². The fraction of sp³-hybridized carbons (Fsp3) is 0.211. The minimum absolute atomic E-state index is 0.223. The number of hydrogen-bond donors (Lipinski definition) is 3. The van der Waals surface area contributed by atoms with Crippen molar-refractivity contribution in [3.05, 3.63) is 65.2 Å². The number of nitrogens with two attached hydrogens (primary N) is 1. The second kappa shape index (κ2) is 9.69. The maximum absolute atomic E-state index is 12.3. The highest BCUT2D eigenvalue weighted by Gasteiger charge is 2.27. The van der Waals surface area contributed by atoms with Gasteiger partial charge in [-0.25, -0.2) is 0 Å². The summed E-state index contributed by atoms with van der Waals surface area (Å²) in [5.74, 6) is -1.68. The standard InChI is InChI=1S/C19H18F3N3O4/c20-19(21,22)11-29-10-12-4-6-13(7-5-12)18(28)25-15-3-1-2-14(8-15)17(27)24-9-16(23)26/h1-8H,9-11H2,(H2,23,26)(H,24,27)(H,25,28). The van der Waals surface area contributed by atoms with Crippen molar-refractivity contribution in [3.8, 4) is 0 Å². The molecule has 154 valence electrons. The summed E-state index contributed by atoms with van der Waals surface area (Å²) in [5.41, 5.74) is 6.29. The van der Waals surface area contributed by atoms with Gasteiger partial charge in [-0.3, -0.25) is 14.4 Å². The first kappa shape index (κ1) is 21.9. The summed E-state index contributed by atoms with van der Waals surface area (Å²) in [6.07, 6.45) is -4.40. The van der Waals surface area contributed by atoms with E-state index in [1.54, 1.807) is 12.1 Å². The molecule has 2 rings (SSSR count). The van der Waals surface area contributed by atoms with Gasteiger partial charge in [0.15, 0.2) is 0 Å². The molecule has 0 saturated heterocycles. The lowest BCUT2D eigenvalue weighted by molar-refractivity contribution is -0.176. The Kier molecular flexibility index (Phi) is 7.32. The lowest BCUT2D eigenvalue weighted by Gasteiger charge is -2.09. The van der Waals surface area contributed by atoms with Crippen molar-refractivity contribution in [1.82, 2.24) is 5.32 Å². The van der Waals surface area contributed by atoms with Gasteiger partial charge in [-0.2, -0.15) is 13.2 Å². The first-order valence-corrected chi connectivity index (χ1v) is 8.35. The summed E-state index contributed by atoms with van der Waals surface area (Å²) in [5, 5.41) is 4.94. The molecule has 0 bridgehead atoms. The molecule has 0 radical (unpaired) electrons. The first-order valence-electron chi connectivity index (χ1n) is 8.35. The molecule has 3 amide bonds. The average molecular weight is 409 g/mol. The molecule has 0 aliphatic heterocycles. The molecule has 2 aromatic carbocycles. The number of anilines is 1. The lowest BCUT2D eigenvalue weighted by atomic mass is 10.1. The number of carbonyl (C=O) groups is 3. The summed E-state index contributed by atoms with van der Waals surface area (Å²) < 4.78 is 40.8. The van der Waals surface area contributed by atoms with Gasteiger partial charge in [0.25, 0.3) is 11.8 Å². The molecule has 0 heterocycles. The van der Waals surface area contributed by atoms with Gasteiger partial charge in [0.2, 0.25) is 5.91 Å². The number of benzene rings is 2. The second-order valence-corrected chi connectivity index (χ2v) is 5.99. The quantitative estimate of drug-likeness (QED) is 0.621. The summed E-state index contributed by atoms with van der Waals surface area (Å²) in [7, 11) is 0. The van der Waals surface area contributed by atoms with Crippen LogP contribution in [0.3, 0.4) is 0 Å². The largest absolute Gasteiger partial charge is 0.411 e. The number of ether oxygens (including phenoxy) is 1. The van der Waals surface area contributed by atoms with Crippen LogP contribution in [0.15, 0.2) is 48.5 Å². The molecule has 10 heteroatoms. The maximum atomic E-state index is 12.3. The van der Waals surface area contributed by atoms with E-state index < -0.39 is 30.5 Å². The molecule has 0 fully saturated rings. The van der Waals surface area contributed by atoms with E-state index in [1.807, 2.05) is 0 Å². The molecular formula is C19H18F3N3O4. The van der Waals surface area contributed by atoms with Crippen LogP contribution in [-0.2, 0) is 16.1 Å². The van der Waals surface area contributed by atoms with Crippen molar-refractivity contribution < 1.29 is 32.3 Å². The molecular weight excluding hydrogens is 391 g/mol. The van der Waals surface area contributed by atoms with Crippen molar-refractivity contribution in [2.75, 3.05) is 18.5 Å². The second-order valence-electron chi connectivity index (χ2n) is 5.99. The van der Waals surface area contributed by atoms with Crippen molar-refractivity contribution in [3.63, 3.8) is 0 Å². The highest BCUT2D eigenvalue weighted by Crippen LogP contribution is 2.16. The lowest BCUT2D eigenvalue weighted by Crippen LogP contribution is -2.33. The highest BCUT2D eigenvalue weighted by atomic mass is 19.4. The van der Waals surface area contributed by atoms with Crippen LogP contribution in [0.4, 0.5) is 18.9 Å². The van der Waals surface area contributed by atoms with Crippen LogP contribution in [0.2, 0.25) is 0 Å². The van der Waals surface area contributed by atoms with E-state index in [1.165, 1.54) is 36.4 Å². The maximum Gasteiger partial charge on any atom is 0.411 e. The number of hydrogen-bond acceptors (Lipinski definition) is 4. The average Bonchev–Trinajstić information content (AvgIpc) is 2.65. The van der Waals surface area contributed by atoms with Gasteiger partial charge in [-0.05, 0) is 35.9 Å². The van der Waals surface area contributed by atoms with Gasteiger partial charge >= 0.3 is 6.18 Å². The third kappa shape index (κ3) is 7.62. The Labute approximate surface area is 164 Å². The SMILES string of the molecule is NC(=O)CNC(=O)c1cccc(NC(=O)c2ccc(COCC(F)(F)F)cc2)c1. The molecule has 0 atom stereocenters. The zero-order chi connectivity index (χ0) is 21.4. The van der Waals surface area contributed by atoms with Crippen molar-refractivity contribution in [2.45, 2.75) is 12.8 Å². The van der Waals surface area contributed by atoms with E-state index in [0.29, 0.717) is 11.3 Å². The predicted molar refractivity (Wildman–Crippen MR) is 98.1 cm³/mol. The van der Waals surface area contributed by atoms with Gasteiger partial charge in [0.1, 0.15) is 6.61 Å². The molecule has 7 nitrogen and oxygen atoms in total. The molecule has 0 unspecified atom stereocenters. The van der Waals surface area contributed by atoms with E-state index in [-0.39, 0.29) is 24.3 Å². The van der Waals surface area contributed by atoms with E-state index in [0.717, 1.165) is 0 Å². The summed E-state index contributed by atoms with van der Waals surface area (Å²) in [6.45, 7) is -1.89. The van der Waals surface area contributed by atoms with Gasteiger partial charge in [0.05, 0.1) is 13.2 Å². The van der Waals surface area contributed by atoms with Crippen LogP contribution in [-0.4, -0.2) is 37.0 Å². The van der Waals surface area contributed by atoms with Crippen molar-refractivity contribution in [2.24, 2.45) is 5.73 Å².